The molecule has 2 aromatic carbocycles. The molecule has 120 valence electrons. The van der Waals surface area contributed by atoms with Crippen LogP contribution in [0.5, 0.6) is 5.75 Å². The van der Waals surface area contributed by atoms with Crippen molar-refractivity contribution < 1.29 is 13.9 Å². The van der Waals surface area contributed by atoms with Gasteiger partial charge in [0.05, 0.1) is 13.1 Å². The van der Waals surface area contributed by atoms with Gasteiger partial charge in [-0.05, 0) is 24.3 Å². The Morgan fingerprint density at radius 2 is 1.67 bits per heavy atom. The summed E-state index contributed by atoms with van der Waals surface area (Å²) in [7, 11) is 0. The molecule has 0 N–H and O–H groups in total. The van der Waals surface area contributed by atoms with E-state index in [4.69, 9.17) is 9.15 Å². The zero-order chi connectivity index (χ0) is 16.4. The summed E-state index contributed by atoms with van der Waals surface area (Å²) in [6.45, 7) is 1.02. The van der Waals surface area contributed by atoms with Gasteiger partial charge in [-0.15, -0.1) is 10.2 Å². The SMILES string of the molecule is O=C(c1nnc(-c2ccccc2)o1)N1CC(Oc2ccccc2)C1. The Morgan fingerprint density at radius 1 is 1.00 bits per heavy atom. The Morgan fingerprint density at radius 3 is 2.38 bits per heavy atom. The maximum absolute atomic E-state index is 12.3. The summed E-state index contributed by atoms with van der Waals surface area (Å²) < 4.78 is 11.3. The minimum Gasteiger partial charge on any atom is -0.487 e. The number of carbonyl (C=O) groups excluding carboxylic acids is 1. The Hall–Kier alpha value is -3.15. The van der Waals surface area contributed by atoms with Gasteiger partial charge in [0.2, 0.25) is 5.89 Å². The molecule has 0 spiro atoms. The van der Waals surface area contributed by atoms with Crippen LogP contribution in [0, 0.1) is 0 Å². The van der Waals surface area contributed by atoms with Crippen LogP contribution in [0.1, 0.15) is 10.7 Å². The van der Waals surface area contributed by atoms with Crippen LogP contribution >= 0.6 is 0 Å². The van der Waals surface area contributed by atoms with E-state index in [1.54, 1.807) is 4.90 Å². The van der Waals surface area contributed by atoms with Crippen LogP contribution in [0.15, 0.2) is 65.1 Å². The maximum Gasteiger partial charge on any atom is 0.311 e. The first-order valence-electron chi connectivity index (χ1n) is 7.69. The van der Waals surface area contributed by atoms with Crippen molar-refractivity contribution in [2.75, 3.05) is 13.1 Å². The molecule has 3 aromatic rings. The van der Waals surface area contributed by atoms with E-state index < -0.39 is 0 Å². The summed E-state index contributed by atoms with van der Waals surface area (Å²) in [6.07, 6.45) is -0.00661. The first-order valence-corrected chi connectivity index (χ1v) is 7.69. The van der Waals surface area contributed by atoms with Crippen molar-refractivity contribution in [3.8, 4) is 17.2 Å². The van der Waals surface area contributed by atoms with Gasteiger partial charge >= 0.3 is 11.8 Å². The van der Waals surface area contributed by atoms with E-state index in [0.717, 1.165) is 11.3 Å². The predicted octanol–water partition coefficient (Wildman–Crippen LogP) is 2.64. The Balaban J connectivity index is 1.37. The molecule has 6 nitrogen and oxygen atoms in total. The van der Waals surface area contributed by atoms with Crippen molar-refractivity contribution >= 4 is 5.91 Å². The van der Waals surface area contributed by atoms with Gasteiger partial charge in [-0.25, -0.2) is 0 Å². The van der Waals surface area contributed by atoms with Crippen LogP contribution in [0.4, 0.5) is 0 Å². The van der Waals surface area contributed by atoms with Crippen LogP contribution in [0.2, 0.25) is 0 Å². The number of hydrogen-bond donors (Lipinski definition) is 0. The van der Waals surface area contributed by atoms with E-state index in [1.165, 1.54) is 0 Å². The van der Waals surface area contributed by atoms with Crippen molar-refractivity contribution in [1.82, 2.24) is 15.1 Å². The van der Waals surface area contributed by atoms with E-state index in [1.807, 2.05) is 60.7 Å². The highest BCUT2D eigenvalue weighted by molar-refractivity contribution is 5.90. The zero-order valence-corrected chi connectivity index (χ0v) is 12.8. The fraction of sp³-hybridized carbons (Fsp3) is 0.167. The third-order valence-electron chi connectivity index (χ3n) is 3.81. The molecule has 24 heavy (non-hydrogen) atoms. The molecule has 1 aromatic heterocycles. The molecule has 6 heteroatoms. The molecule has 2 heterocycles. The van der Waals surface area contributed by atoms with E-state index in [-0.39, 0.29) is 17.9 Å². The normalized spacial score (nSPS) is 14.2. The molecule has 0 radical (unpaired) electrons. The maximum atomic E-state index is 12.3. The van der Waals surface area contributed by atoms with Gasteiger partial charge in [-0.2, -0.15) is 0 Å². The molecule has 1 aliphatic heterocycles. The van der Waals surface area contributed by atoms with Gasteiger partial charge < -0.3 is 14.1 Å². The number of amides is 1. The second kappa shape index (κ2) is 6.16. The number of aromatic nitrogens is 2. The summed E-state index contributed by atoms with van der Waals surface area (Å²) in [5.74, 6) is 0.889. The summed E-state index contributed by atoms with van der Waals surface area (Å²) in [4.78, 5) is 14.0. The van der Waals surface area contributed by atoms with E-state index in [2.05, 4.69) is 10.2 Å². The predicted molar refractivity (Wildman–Crippen MR) is 86.5 cm³/mol. The van der Waals surface area contributed by atoms with Crippen molar-refractivity contribution in [2.45, 2.75) is 6.10 Å². The fourth-order valence-electron chi connectivity index (χ4n) is 2.51. The highest BCUT2D eigenvalue weighted by Gasteiger charge is 2.35. The van der Waals surface area contributed by atoms with Crippen molar-refractivity contribution in [1.29, 1.82) is 0 Å². The standard InChI is InChI=1S/C18H15N3O3/c22-18(17-20-19-16(24-17)13-7-3-1-4-8-13)21-11-15(12-21)23-14-9-5-2-6-10-14/h1-10,15H,11-12H2. The summed E-state index contributed by atoms with van der Waals surface area (Å²) in [6, 6.07) is 18.9. The minimum atomic E-state index is -0.266. The second-order valence-corrected chi connectivity index (χ2v) is 5.54. The molecule has 0 aliphatic carbocycles. The molecule has 0 bridgehead atoms. The number of ether oxygens (including phenoxy) is 1. The molecule has 1 amide bonds. The lowest BCUT2D eigenvalue weighted by Crippen LogP contribution is -2.56. The van der Waals surface area contributed by atoms with Crippen LogP contribution in [0.25, 0.3) is 11.5 Å². The smallest absolute Gasteiger partial charge is 0.311 e. The first-order chi connectivity index (χ1) is 11.8. The van der Waals surface area contributed by atoms with E-state index in [0.29, 0.717) is 19.0 Å². The third-order valence-corrected chi connectivity index (χ3v) is 3.81. The fourth-order valence-corrected chi connectivity index (χ4v) is 2.51. The van der Waals surface area contributed by atoms with Crippen LogP contribution in [-0.2, 0) is 0 Å². The van der Waals surface area contributed by atoms with Crippen molar-refractivity contribution in [3.05, 3.63) is 66.6 Å². The average Bonchev–Trinajstić information content (AvgIpc) is 3.09. The number of para-hydroxylation sites is 1. The van der Waals surface area contributed by atoms with Crippen LogP contribution < -0.4 is 4.74 Å². The molecule has 0 atom stereocenters. The summed E-state index contributed by atoms with van der Waals surface area (Å²) >= 11 is 0. The summed E-state index contributed by atoms with van der Waals surface area (Å²) in [5.41, 5.74) is 0.790. The molecule has 1 fully saturated rings. The number of hydrogen-bond acceptors (Lipinski definition) is 5. The summed E-state index contributed by atoms with van der Waals surface area (Å²) in [5, 5.41) is 7.80. The average molecular weight is 321 g/mol. The lowest BCUT2D eigenvalue weighted by molar-refractivity contribution is 0.0150. The minimum absolute atomic E-state index is 0.00649. The van der Waals surface area contributed by atoms with Gasteiger partial charge in [-0.1, -0.05) is 36.4 Å². The van der Waals surface area contributed by atoms with Gasteiger partial charge in [-0.3, -0.25) is 4.79 Å². The molecule has 0 saturated carbocycles. The Labute approximate surface area is 138 Å². The number of likely N-dealkylation sites (tertiary alicyclic amines) is 1. The Kier molecular flexibility index (Phi) is 3.70. The van der Waals surface area contributed by atoms with Crippen LogP contribution in [0.3, 0.4) is 0 Å². The highest BCUT2D eigenvalue weighted by atomic mass is 16.5. The number of nitrogens with zero attached hydrogens (tertiary/aromatic N) is 3. The van der Waals surface area contributed by atoms with Crippen molar-refractivity contribution in [3.63, 3.8) is 0 Å². The van der Waals surface area contributed by atoms with Crippen molar-refractivity contribution in [2.24, 2.45) is 0 Å². The largest absolute Gasteiger partial charge is 0.487 e. The zero-order valence-electron chi connectivity index (χ0n) is 12.8. The van der Waals surface area contributed by atoms with E-state index >= 15 is 0 Å². The number of carbonyl (C=O) groups is 1. The topological polar surface area (TPSA) is 68.5 Å². The molecule has 1 saturated heterocycles. The molecular weight excluding hydrogens is 306 g/mol. The van der Waals surface area contributed by atoms with Gasteiger partial charge in [0.25, 0.3) is 0 Å². The molecular formula is C18H15N3O3. The first kappa shape index (κ1) is 14.4. The number of rotatable bonds is 4. The lowest BCUT2D eigenvalue weighted by Gasteiger charge is -2.38. The highest BCUT2D eigenvalue weighted by Crippen LogP contribution is 2.21. The lowest BCUT2D eigenvalue weighted by atomic mass is 10.1. The van der Waals surface area contributed by atoms with Gasteiger partial charge in [0.1, 0.15) is 11.9 Å². The second-order valence-electron chi connectivity index (χ2n) is 5.54. The third kappa shape index (κ3) is 2.86. The monoisotopic (exact) mass is 321 g/mol. The number of benzene rings is 2. The molecule has 4 rings (SSSR count). The molecule has 1 aliphatic rings. The molecule has 0 unspecified atom stereocenters. The van der Waals surface area contributed by atoms with E-state index in [9.17, 15) is 4.79 Å². The van der Waals surface area contributed by atoms with Crippen LogP contribution in [-0.4, -0.2) is 40.2 Å². The van der Waals surface area contributed by atoms with Gasteiger partial charge in [0, 0.05) is 5.56 Å². The quantitative estimate of drug-likeness (QED) is 0.739. The Bertz CT molecular complexity index is 827. The van der Waals surface area contributed by atoms with Gasteiger partial charge in [0.15, 0.2) is 0 Å².